The van der Waals surface area contributed by atoms with Crippen molar-refractivity contribution in [3.63, 3.8) is 0 Å². The van der Waals surface area contributed by atoms with Gasteiger partial charge in [0.25, 0.3) is 0 Å². The minimum absolute atomic E-state index is 0.0285. The van der Waals surface area contributed by atoms with Gasteiger partial charge in [0.05, 0.1) is 12.7 Å². The number of aromatic nitrogens is 2. The molecule has 1 aliphatic carbocycles. The molecule has 27 heavy (non-hydrogen) atoms. The summed E-state index contributed by atoms with van der Waals surface area (Å²) in [7, 11) is 1.26. The van der Waals surface area contributed by atoms with Crippen molar-refractivity contribution in [3.05, 3.63) is 65.2 Å². The highest BCUT2D eigenvalue weighted by Crippen LogP contribution is 2.38. The highest BCUT2D eigenvalue weighted by molar-refractivity contribution is 5.89. The largest absolute Gasteiger partial charge is 0.465 e. The normalized spacial score (nSPS) is 15.9. The Balaban J connectivity index is 1.73. The number of hydrogen-bond donors (Lipinski definition) is 1. The van der Waals surface area contributed by atoms with E-state index < -0.39 is 11.8 Å². The lowest BCUT2D eigenvalue weighted by Crippen LogP contribution is -2.10. The monoisotopic (exact) mass is 366 g/mol. The molecule has 140 valence electrons. The number of H-pyrrole nitrogens is 1. The fourth-order valence-corrected chi connectivity index (χ4v) is 4.21. The molecule has 2 heterocycles. The number of pyridine rings is 1. The Hall–Kier alpha value is -2.69. The molecule has 1 unspecified atom stereocenters. The van der Waals surface area contributed by atoms with Crippen LogP contribution in [0.4, 0.5) is 4.39 Å². The molecule has 4 nitrogen and oxygen atoms in total. The fraction of sp³-hybridized carbons (Fsp3) is 0.364. The number of benzene rings is 1. The van der Waals surface area contributed by atoms with Crippen molar-refractivity contribution in [2.75, 3.05) is 7.11 Å². The molecular weight excluding hydrogens is 343 g/mol. The molecule has 0 radical (unpaired) electrons. The van der Waals surface area contributed by atoms with Gasteiger partial charge in [-0.3, -0.25) is 0 Å². The molecule has 4 rings (SSSR count). The van der Waals surface area contributed by atoms with Gasteiger partial charge in [-0.25, -0.2) is 14.2 Å². The number of rotatable bonds is 5. The number of carbonyl (C=O) groups is 1. The average Bonchev–Trinajstić information content (AvgIpc) is 3.34. The summed E-state index contributed by atoms with van der Waals surface area (Å²) in [5, 5.41) is 1.05. The Bertz CT molecular complexity index is 927. The zero-order valence-electron chi connectivity index (χ0n) is 15.4. The van der Waals surface area contributed by atoms with E-state index in [1.807, 2.05) is 18.2 Å². The number of esters is 1. The summed E-state index contributed by atoms with van der Waals surface area (Å²) in [6, 6.07) is 10.9. The molecule has 0 aliphatic heterocycles. The van der Waals surface area contributed by atoms with Gasteiger partial charge in [0.2, 0.25) is 0 Å². The topological polar surface area (TPSA) is 55.0 Å². The summed E-state index contributed by atoms with van der Waals surface area (Å²) in [5.41, 5.74) is 2.73. The molecular formula is C22H23FN2O2. The lowest BCUT2D eigenvalue weighted by molar-refractivity contribution is 0.0595. The molecule has 2 aromatic heterocycles. The van der Waals surface area contributed by atoms with Crippen molar-refractivity contribution in [3.8, 4) is 0 Å². The third-order valence-electron chi connectivity index (χ3n) is 5.63. The molecule has 3 aromatic rings. The predicted molar refractivity (Wildman–Crippen MR) is 102 cm³/mol. The molecule has 0 spiro atoms. The smallest absolute Gasteiger partial charge is 0.340 e. The van der Waals surface area contributed by atoms with Crippen LogP contribution in [-0.2, 0) is 4.74 Å². The number of nitrogens with zero attached hydrogens (tertiary/aromatic N) is 1. The molecule has 1 saturated carbocycles. The van der Waals surface area contributed by atoms with Gasteiger partial charge >= 0.3 is 5.97 Å². The standard InChI is InChI=1S/C22H23FN2O2/c1-27-22(26)17-9-8-15(12-19(17)23)18(11-14-5-2-3-6-14)20-13-16-7-4-10-24-21(16)25-20/h4,7-10,12-14,18H,2-3,5-6,11H2,1H3,(H,24,25). The summed E-state index contributed by atoms with van der Waals surface area (Å²) < 4.78 is 19.2. The van der Waals surface area contributed by atoms with E-state index in [1.165, 1.54) is 44.9 Å². The zero-order chi connectivity index (χ0) is 18.8. The second-order valence-corrected chi connectivity index (χ2v) is 7.34. The van der Waals surface area contributed by atoms with Crippen molar-refractivity contribution in [2.45, 2.75) is 38.0 Å². The third-order valence-corrected chi connectivity index (χ3v) is 5.63. The first-order chi connectivity index (χ1) is 13.2. The van der Waals surface area contributed by atoms with Crippen LogP contribution in [0, 0.1) is 11.7 Å². The number of hydrogen-bond acceptors (Lipinski definition) is 3. The van der Waals surface area contributed by atoms with Crippen molar-refractivity contribution in [2.24, 2.45) is 5.92 Å². The predicted octanol–water partition coefficient (Wildman–Crippen LogP) is 5.20. The first-order valence-corrected chi connectivity index (χ1v) is 9.47. The molecule has 1 aliphatic rings. The van der Waals surface area contributed by atoms with Crippen LogP contribution >= 0.6 is 0 Å². The van der Waals surface area contributed by atoms with Gasteiger partial charge in [0, 0.05) is 23.2 Å². The van der Waals surface area contributed by atoms with Crippen LogP contribution in [0.5, 0.6) is 0 Å². The van der Waals surface area contributed by atoms with Crippen LogP contribution in [0.2, 0.25) is 0 Å². The van der Waals surface area contributed by atoms with Crippen molar-refractivity contribution >= 4 is 17.0 Å². The first kappa shape index (κ1) is 17.7. The average molecular weight is 366 g/mol. The molecule has 1 aromatic carbocycles. The zero-order valence-corrected chi connectivity index (χ0v) is 15.4. The second kappa shape index (κ2) is 7.51. The van der Waals surface area contributed by atoms with Gasteiger partial charge < -0.3 is 9.72 Å². The van der Waals surface area contributed by atoms with Crippen LogP contribution in [0.25, 0.3) is 11.0 Å². The van der Waals surface area contributed by atoms with Crippen LogP contribution < -0.4 is 0 Å². The molecule has 1 atom stereocenters. The summed E-state index contributed by atoms with van der Waals surface area (Å²) >= 11 is 0. The fourth-order valence-electron chi connectivity index (χ4n) is 4.21. The van der Waals surface area contributed by atoms with E-state index in [1.54, 1.807) is 6.20 Å². The van der Waals surface area contributed by atoms with Gasteiger partial charge in [-0.2, -0.15) is 0 Å². The van der Waals surface area contributed by atoms with E-state index in [2.05, 4.69) is 20.8 Å². The Kier molecular flexibility index (Phi) is 4.92. The van der Waals surface area contributed by atoms with Crippen LogP contribution in [-0.4, -0.2) is 23.0 Å². The maximum Gasteiger partial charge on any atom is 0.340 e. The molecule has 1 N–H and O–H groups in total. The summed E-state index contributed by atoms with van der Waals surface area (Å²) in [6.07, 6.45) is 7.70. The number of nitrogens with one attached hydrogen (secondary N) is 1. The van der Waals surface area contributed by atoms with Gasteiger partial charge in [-0.15, -0.1) is 0 Å². The van der Waals surface area contributed by atoms with Gasteiger partial charge in [-0.1, -0.05) is 31.7 Å². The van der Waals surface area contributed by atoms with Crippen LogP contribution in [0.3, 0.4) is 0 Å². The number of aromatic amines is 1. The molecule has 5 heteroatoms. The minimum Gasteiger partial charge on any atom is -0.465 e. The lowest BCUT2D eigenvalue weighted by atomic mass is 9.85. The molecule has 0 amide bonds. The Morgan fingerprint density at radius 2 is 2.11 bits per heavy atom. The lowest BCUT2D eigenvalue weighted by Gasteiger charge is -2.21. The van der Waals surface area contributed by atoms with E-state index >= 15 is 0 Å². The molecule has 0 bridgehead atoms. The third kappa shape index (κ3) is 3.59. The highest BCUT2D eigenvalue weighted by atomic mass is 19.1. The quantitative estimate of drug-likeness (QED) is 0.631. The number of fused-ring (bicyclic) bond motifs is 1. The van der Waals surface area contributed by atoms with Crippen molar-refractivity contribution in [1.82, 2.24) is 9.97 Å². The second-order valence-electron chi connectivity index (χ2n) is 7.34. The highest BCUT2D eigenvalue weighted by Gasteiger charge is 2.25. The van der Waals surface area contributed by atoms with E-state index in [0.29, 0.717) is 5.92 Å². The minimum atomic E-state index is -0.652. The van der Waals surface area contributed by atoms with Gasteiger partial charge in [0.1, 0.15) is 11.5 Å². The number of methoxy groups -OCH3 is 1. The molecule has 0 saturated heterocycles. The summed E-state index contributed by atoms with van der Waals surface area (Å²) in [4.78, 5) is 19.5. The van der Waals surface area contributed by atoms with Gasteiger partial charge in [0.15, 0.2) is 0 Å². The van der Waals surface area contributed by atoms with E-state index in [-0.39, 0.29) is 11.5 Å². The van der Waals surface area contributed by atoms with Crippen LogP contribution in [0.1, 0.15) is 59.6 Å². The van der Waals surface area contributed by atoms with Gasteiger partial charge in [-0.05, 0) is 48.2 Å². The molecule has 1 fully saturated rings. The summed E-state index contributed by atoms with van der Waals surface area (Å²) in [6.45, 7) is 0. The number of carbonyl (C=O) groups excluding carboxylic acids is 1. The Morgan fingerprint density at radius 1 is 1.30 bits per heavy atom. The van der Waals surface area contributed by atoms with E-state index in [0.717, 1.165) is 28.7 Å². The number of halogens is 1. The van der Waals surface area contributed by atoms with Crippen molar-refractivity contribution < 1.29 is 13.9 Å². The van der Waals surface area contributed by atoms with E-state index in [4.69, 9.17) is 0 Å². The first-order valence-electron chi connectivity index (χ1n) is 9.47. The maximum absolute atomic E-state index is 14.6. The van der Waals surface area contributed by atoms with Crippen LogP contribution in [0.15, 0.2) is 42.6 Å². The Labute approximate surface area is 157 Å². The number of ether oxygens (including phenoxy) is 1. The summed E-state index contributed by atoms with van der Waals surface area (Å²) in [5.74, 6) is -0.507. The Morgan fingerprint density at radius 3 is 2.81 bits per heavy atom. The maximum atomic E-state index is 14.6. The van der Waals surface area contributed by atoms with E-state index in [9.17, 15) is 9.18 Å². The van der Waals surface area contributed by atoms with Crippen molar-refractivity contribution in [1.29, 1.82) is 0 Å². The SMILES string of the molecule is COC(=O)c1ccc(C(CC2CCCC2)c2cc3cccnc3[nH]2)cc1F.